The molecule has 0 atom stereocenters. The summed E-state index contributed by atoms with van der Waals surface area (Å²) in [6.07, 6.45) is 3.24. The number of hydrogen-bond acceptors (Lipinski definition) is 3. The highest BCUT2D eigenvalue weighted by molar-refractivity contribution is 4.77. The van der Waals surface area contributed by atoms with Gasteiger partial charge in [0, 0.05) is 13.1 Å². The maximum Gasteiger partial charge on any atom is 0.139 e. The molecule has 0 saturated heterocycles. The molecule has 0 bridgehead atoms. The minimum atomic E-state index is 0.958. The molecule has 0 aliphatic heterocycles. The number of rotatable bonds is 3. The Morgan fingerprint density at radius 2 is 2.10 bits per heavy atom. The Labute approximate surface area is 60.4 Å². The molecular weight excluding hydrogens is 128 g/mol. The summed E-state index contributed by atoms with van der Waals surface area (Å²) in [5, 5.41) is 6.07. The smallest absolute Gasteiger partial charge is 0.139 e. The Morgan fingerprint density at radius 1 is 1.40 bits per heavy atom. The minimum Gasteiger partial charge on any atom is -0.296 e. The van der Waals surface area contributed by atoms with Gasteiger partial charge in [-0.05, 0) is 13.8 Å². The molecule has 4 nitrogen and oxygen atoms in total. The van der Waals surface area contributed by atoms with E-state index in [2.05, 4.69) is 28.9 Å². The van der Waals surface area contributed by atoms with Gasteiger partial charge >= 0.3 is 0 Å². The van der Waals surface area contributed by atoms with E-state index in [1.165, 1.54) is 0 Å². The first-order valence-electron chi connectivity index (χ1n) is 3.48. The fourth-order valence-corrected chi connectivity index (χ4v) is 0.861. The molecule has 0 spiro atoms. The van der Waals surface area contributed by atoms with Gasteiger partial charge in [0.2, 0.25) is 0 Å². The molecule has 0 aliphatic carbocycles. The van der Waals surface area contributed by atoms with Gasteiger partial charge in [-0.1, -0.05) is 0 Å². The third-order valence-electron chi connectivity index (χ3n) is 1.43. The van der Waals surface area contributed by atoms with E-state index in [9.17, 15) is 0 Å². The lowest BCUT2D eigenvalue weighted by atomic mass is 10.6. The molecule has 0 saturated carbocycles. The summed E-state index contributed by atoms with van der Waals surface area (Å²) in [5.41, 5.74) is 0. The van der Waals surface area contributed by atoms with Crippen LogP contribution in [0.1, 0.15) is 13.8 Å². The molecule has 0 fully saturated rings. The topological polar surface area (TPSA) is 34.0 Å². The molecule has 56 valence electrons. The zero-order chi connectivity index (χ0) is 7.40. The molecule has 0 aliphatic rings. The van der Waals surface area contributed by atoms with Crippen molar-refractivity contribution in [3.8, 4) is 0 Å². The summed E-state index contributed by atoms with van der Waals surface area (Å²) in [6, 6.07) is 0. The van der Waals surface area contributed by atoms with Gasteiger partial charge in [0.25, 0.3) is 0 Å². The largest absolute Gasteiger partial charge is 0.296 e. The standard InChI is InChI=1S/C6H12N4/c1-3-9(4-2)10-6-7-5-8-10/h5-6H,3-4H2,1-2H3. The van der Waals surface area contributed by atoms with Crippen LogP contribution < -0.4 is 5.01 Å². The quantitative estimate of drug-likeness (QED) is 0.603. The summed E-state index contributed by atoms with van der Waals surface area (Å²) in [7, 11) is 0. The average molecular weight is 140 g/mol. The molecule has 0 aromatic carbocycles. The van der Waals surface area contributed by atoms with Crippen molar-refractivity contribution in [3.63, 3.8) is 0 Å². The number of hydrogen-bond donors (Lipinski definition) is 0. The van der Waals surface area contributed by atoms with Gasteiger partial charge in [-0.2, -0.15) is 4.79 Å². The summed E-state index contributed by atoms with van der Waals surface area (Å²) in [6.45, 7) is 6.09. The fraction of sp³-hybridized carbons (Fsp3) is 0.667. The molecule has 0 N–H and O–H groups in total. The van der Waals surface area contributed by atoms with Crippen molar-refractivity contribution in [2.45, 2.75) is 13.8 Å². The molecule has 1 heterocycles. The Morgan fingerprint density at radius 3 is 2.50 bits per heavy atom. The van der Waals surface area contributed by atoms with E-state index in [1.807, 2.05) is 0 Å². The Hall–Kier alpha value is -1.06. The zero-order valence-electron chi connectivity index (χ0n) is 6.36. The van der Waals surface area contributed by atoms with Crippen LogP contribution in [0.5, 0.6) is 0 Å². The maximum atomic E-state index is 3.99. The lowest BCUT2D eigenvalue weighted by molar-refractivity contribution is 0.555. The lowest BCUT2D eigenvalue weighted by Gasteiger charge is -2.18. The lowest BCUT2D eigenvalue weighted by Crippen LogP contribution is -2.34. The second kappa shape index (κ2) is 3.20. The van der Waals surface area contributed by atoms with Crippen molar-refractivity contribution in [2.75, 3.05) is 18.1 Å². The SMILES string of the molecule is CCN(CC)n1cncn1. The van der Waals surface area contributed by atoms with E-state index < -0.39 is 0 Å². The van der Waals surface area contributed by atoms with Crippen LogP contribution in [-0.2, 0) is 0 Å². The third-order valence-corrected chi connectivity index (χ3v) is 1.43. The average Bonchev–Trinajstić information content (AvgIpc) is 2.43. The summed E-state index contributed by atoms with van der Waals surface area (Å²) in [5.74, 6) is 0. The second-order valence-corrected chi connectivity index (χ2v) is 1.95. The molecular formula is C6H12N4. The van der Waals surface area contributed by atoms with Gasteiger partial charge in [-0.3, -0.25) is 5.01 Å². The van der Waals surface area contributed by atoms with Crippen molar-refractivity contribution >= 4 is 0 Å². The van der Waals surface area contributed by atoms with Crippen LogP contribution in [0.4, 0.5) is 0 Å². The third kappa shape index (κ3) is 1.26. The predicted molar refractivity (Wildman–Crippen MR) is 39.3 cm³/mol. The van der Waals surface area contributed by atoms with Crippen molar-refractivity contribution < 1.29 is 0 Å². The first kappa shape index (κ1) is 7.05. The normalized spacial score (nSPS) is 9.80. The van der Waals surface area contributed by atoms with Gasteiger partial charge in [-0.15, -0.1) is 5.10 Å². The van der Waals surface area contributed by atoms with Gasteiger partial charge < -0.3 is 0 Å². The monoisotopic (exact) mass is 140 g/mol. The summed E-state index contributed by atoms with van der Waals surface area (Å²) >= 11 is 0. The molecule has 4 heteroatoms. The van der Waals surface area contributed by atoms with E-state index in [0.717, 1.165) is 13.1 Å². The van der Waals surface area contributed by atoms with Crippen molar-refractivity contribution in [3.05, 3.63) is 12.7 Å². The Kier molecular flexibility index (Phi) is 2.25. The van der Waals surface area contributed by atoms with Crippen LogP contribution in [0, 0.1) is 0 Å². The van der Waals surface area contributed by atoms with Crippen LogP contribution in [0.2, 0.25) is 0 Å². The zero-order valence-corrected chi connectivity index (χ0v) is 6.36. The highest BCUT2D eigenvalue weighted by Gasteiger charge is 1.97. The first-order chi connectivity index (χ1) is 4.88. The number of aromatic nitrogens is 3. The van der Waals surface area contributed by atoms with Gasteiger partial charge in [0.1, 0.15) is 12.7 Å². The Bertz CT molecular complexity index is 166. The molecule has 0 unspecified atom stereocenters. The molecule has 0 amide bonds. The van der Waals surface area contributed by atoms with Gasteiger partial charge in [0.05, 0.1) is 0 Å². The molecule has 10 heavy (non-hydrogen) atoms. The van der Waals surface area contributed by atoms with Crippen LogP contribution >= 0.6 is 0 Å². The maximum absolute atomic E-state index is 3.99. The van der Waals surface area contributed by atoms with Gasteiger partial charge in [0.15, 0.2) is 0 Å². The van der Waals surface area contributed by atoms with Crippen LogP contribution in [0.15, 0.2) is 12.7 Å². The van der Waals surface area contributed by atoms with Crippen LogP contribution in [0.3, 0.4) is 0 Å². The van der Waals surface area contributed by atoms with Crippen molar-refractivity contribution in [1.82, 2.24) is 14.9 Å². The van der Waals surface area contributed by atoms with Crippen molar-refractivity contribution in [1.29, 1.82) is 0 Å². The van der Waals surface area contributed by atoms with E-state index in [4.69, 9.17) is 0 Å². The molecule has 1 aromatic rings. The van der Waals surface area contributed by atoms with Gasteiger partial charge in [-0.25, -0.2) is 4.98 Å². The fourth-order valence-electron chi connectivity index (χ4n) is 0.861. The highest BCUT2D eigenvalue weighted by Crippen LogP contribution is 1.84. The van der Waals surface area contributed by atoms with E-state index in [0.29, 0.717) is 0 Å². The Balaban J connectivity index is 2.64. The van der Waals surface area contributed by atoms with Crippen molar-refractivity contribution in [2.24, 2.45) is 0 Å². The predicted octanol–water partition coefficient (Wildman–Crippen LogP) is 0.256. The first-order valence-corrected chi connectivity index (χ1v) is 3.48. The van der Waals surface area contributed by atoms with Crippen LogP contribution in [-0.4, -0.2) is 28.0 Å². The molecule has 0 radical (unpaired) electrons. The summed E-state index contributed by atoms with van der Waals surface area (Å²) in [4.78, 5) is 5.60. The highest BCUT2D eigenvalue weighted by atomic mass is 15.7. The second-order valence-electron chi connectivity index (χ2n) is 1.95. The van der Waals surface area contributed by atoms with E-state index in [-0.39, 0.29) is 0 Å². The number of nitrogens with zero attached hydrogens (tertiary/aromatic N) is 4. The minimum absolute atomic E-state index is 0.958. The van der Waals surface area contributed by atoms with Crippen LogP contribution in [0.25, 0.3) is 0 Å². The molecule has 1 aromatic heterocycles. The van der Waals surface area contributed by atoms with E-state index >= 15 is 0 Å². The molecule has 1 rings (SSSR count). The van der Waals surface area contributed by atoms with E-state index in [1.54, 1.807) is 17.4 Å². The summed E-state index contributed by atoms with van der Waals surface area (Å²) < 4.78 is 0.